The lowest BCUT2D eigenvalue weighted by Gasteiger charge is -2.25. The number of fused-ring (bicyclic) bond motifs is 1. The molecule has 0 aromatic heterocycles. The van der Waals surface area contributed by atoms with E-state index in [1.165, 1.54) is 6.54 Å². The number of ether oxygens (including phenoxy) is 1. The molecule has 0 amide bonds. The molecular weight excluding hydrogens is 140 g/mol. The summed E-state index contributed by atoms with van der Waals surface area (Å²) in [4.78, 5) is 2.44. The largest absolute Gasteiger partial charge is 0.374 e. The highest BCUT2D eigenvalue weighted by atomic mass is 16.5. The lowest BCUT2D eigenvalue weighted by molar-refractivity contribution is 0.0179. The van der Waals surface area contributed by atoms with Gasteiger partial charge in [0.15, 0.2) is 0 Å². The van der Waals surface area contributed by atoms with Crippen LogP contribution in [0.4, 0.5) is 0 Å². The highest BCUT2D eigenvalue weighted by Crippen LogP contribution is 2.15. The monoisotopic (exact) mass is 156 g/mol. The molecule has 2 saturated heterocycles. The first-order valence-electron chi connectivity index (χ1n) is 4.47. The third kappa shape index (κ3) is 1.41. The Morgan fingerprint density at radius 1 is 1.55 bits per heavy atom. The molecule has 0 aromatic rings. The minimum absolute atomic E-state index is 0.462. The van der Waals surface area contributed by atoms with Crippen LogP contribution >= 0.6 is 0 Å². The summed E-state index contributed by atoms with van der Waals surface area (Å²) in [7, 11) is 0. The zero-order valence-electron chi connectivity index (χ0n) is 7.05. The van der Waals surface area contributed by atoms with E-state index in [-0.39, 0.29) is 0 Å². The maximum Gasteiger partial charge on any atom is 0.0867 e. The fourth-order valence-electron chi connectivity index (χ4n) is 1.93. The Morgan fingerprint density at radius 2 is 2.45 bits per heavy atom. The van der Waals surface area contributed by atoms with E-state index in [0.717, 1.165) is 26.2 Å². The predicted octanol–water partition coefficient (Wildman–Crippen LogP) is -0.321. The summed E-state index contributed by atoms with van der Waals surface area (Å²) in [6.45, 7) is 7.56. The zero-order valence-corrected chi connectivity index (χ0v) is 7.05. The molecule has 64 valence electrons. The van der Waals surface area contributed by atoms with Crippen LogP contribution in [0.25, 0.3) is 0 Å². The van der Waals surface area contributed by atoms with E-state index < -0.39 is 0 Å². The van der Waals surface area contributed by atoms with Crippen LogP contribution in [-0.2, 0) is 4.74 Å². The number of nitrogens with one attached hydrogen (secondary N) is 1. The third-order valence-corrected chi connectivity index (χ3v) is 2.63. The van der Waals surface area contributed by atoms with Crippen LogP contribution in [0.2, 0.25) is 0 Å². The van der Waals surface area contributed by atoms with E-state index in [1.54, 1.807) is 0 Å². The van der Waals surface area contributed by atoms with Crippen LogP contribution in [-0.4, -0.2) is 49.8 Å². The van der Waals surface area contributed by atoms with Gasteiger partial charge in [-0.3, -0.25) is 4.90 Å². The maximum absolute atomic E-state index is 5.63. The van der Waals surface area contributed by atoms with Gasteiger partial charge in [0.25, 0.3) is 0 Å². The lowest BCUT2D eigenvalue weighted by Crippen LogP contribution is -2.47. The molecule has 3 nitrogen and oxygen atoms in total. The van der Waals surface area contributed by atoms with Gasteiger partial charge in [0, 0.05) is 25.7 Å². The standard InChI is InChI=1S/C8H16N2O/c1-2-10-5-7-8(6-10)11-4-3-9-7/h7-9H,2-6H2,1H3. The zero-order chi connectivity index (χ0) is 7.68. The molecule has 0 radical (unpaired) electrons. The van der Waals surface area contributed by atoms with Crippen LogP contribution in [0.1, 0.15) is 6.92 Å². The van der Waals surface area contributed by atoms with Gasteiger partial charge in [-0.15, -0.1) is 0 Å². The molecule has 11 heavy (non-hydrogen) atoms. The van der Waals surface area contributed by atoms with Crippen LogP contribution in [0.15, 0.2) is 0 Å². The minimum Gasteiger partial charge on any atom is -0.374 e. The van der Waals surface area contributed by atoms with Gasteiger partial charge in [-0.1, -0.05) is 6.92 Å². The smallest absolute Gasteiger partial charge is 0.0867 e. The average Bonchev–Trinajstić information content (AvgIpc) is 2.46. The summed E-state index contributed by atoms with van der Waals surface area (Å²) in [6.07, 6.45) is 0.462. The van der Waals surface area contributed by atoms with Crippen LogP contribution in [0.3, 0.4) is 0 Å². The topological polar surface area (TPSA) is 24.5 Å². The normalized spacial score (nSPS) is 39.0. The number of likely N-dealkylation sites (N-methyl/N-ethyl adjacent to an activating group) is 1. The Balaban J connectivity index is 1.92. The first kappa shape index (κ1) is 7.53. The molecule has 2 heterocycles. The number of nitrogens with zero attached hydrogens (tertiary/aromatic N) is 1. The van der Waals surface area contributed by atoms with Gasteiger partial charge in [0.1, 0.15) is 0 Å². The number of hydrogen-bond acceptors (Lipinski definition) is 3. The summed E-state index contributed by atoms with van der Waals surface area (Å²) >= 11 is 0. The maximum atomic E-state index is 5.63. The third-order valence-electron chi connectivity index (χ3n) is 2.63. The first-order chi connectivity index (χ1) is 5.40. The van der Waals surface area contributed by atoms with E-state index in [1.807, 2.05) is 0 Å². The van der Waals surface area contributed by atoms with Gasteiger partial charge in [-0.05, 0) is 6.54 Å². The summed E-state index contributed by atoms with van der Waals surface area (Å²) in [5.41, 5.74) is 0. The molecule has 2 fully saturated rings. The quantitative estimate of drug-likeness (QED) is 0.563. The Hall–Kier alpha value is -0.120. The van der Waals surface area contributed by atoms with Crippen molar-refractivity contribution in [1.29, 1.82) is 0 Å². The fourth-order valence-corrected chi connectivity index (χ4v) is 1.93. The van der Waals surface area contributed by atoms with E-state index >= 15 is 0 Å². The molecule has 2 aliphatic rings. The van der Waals surface area contributed by atoms with Gasteiger partial charge in [0.05, 0.1) is 12.7 Å². The van der Waals surface area contributed by atoms with Crippen molar-refractivity contribution in [2.45, 2.75) is 19.1 Å². The van der Waals surface area contributed by atoms with Crippen LogP contribution in [0, 0.1) is 0 Å². The molecule has 2 aliphatic heterocycles. The van der Waals surface area contributed by atoms with E-state index in [9.17, 15) is 0 Å². The summed E-state index contributed by atoms with van der Waals surface area (Å²) < 4.78 is 5.63. The molecule has 2 unspecified atom stereocenters. The number of likely N-dealkylation sites (tertiary alicyclic amines) is 1. The second kappa shape index (κ2) is 3.09. The number of hydrogen-bond donors (Lipinski definition) is 1. The SMILES string of the molecule is CCN1CC2NCCOC2C1. The summed E-state index contributed by atoms with van der Waals surface area (Å²) in [6, 6.07) is 0.601. The van der Waals surface area contributed by atoms with E-state index in [0.29, 0.717) is 12.1 Å². The minimum atomic E-state index is 0.462. The Morgan fingerprint density at radius 3 is 3.18 bits per heavy atom. The molecule has 0 spiro atoms. The van der Waals surface area contributed by atoms with Crippen molar-refractivity contribution in [3.63, 3.8) is 0 Å². The molecule has 2 atom stereocenters. The predicted molar refractivity (Wildman–Crippen MR) is 43.6 cm³/mol. The van der Waals surface area contributed by atoms with Gasteiger partial charge >= 0.3 is 0 Å². The molecule has 2 rings (SSSR count). The molecule has 0 bridgehead atoms. The molecule has 1 N–H and O–H groups in total. The summed E-state index contributed by atoms with van der Waals surface area (Å²) in [5.74, 6) is 0. The first-order valence-corrected chi connectivity index (χ1v) is 4.47. The Bertz CT molecular complexity index is 126. The molecule has 0 saturated carbocycles. The molecular formula is C8H16N2O. The van der Waals surface area contributed by atoms with Crippen LogP contribution < -0.4 is 5.32 Å². The van der Waals surface area contributed by atoms with Crippen molar-refractivity contribution in [3.05, 3.63) is 0 Å². The number of morpholine rings is 1. The van der Waals surface area contributed by atoms with Crippen molar-refractivity contribution in [2.24, 2.45) is 0 Å². The van der Waals surface area contributed by atoms with Gasteiger partial charge in [-0.2, -0.15) is 0 Å². The van der Waals surface area contributed by atoms with Crippen molar-refractivity contribution < 1.29 is 4.74 Å². The summed E-state index contributed by atoms with van der Waals surface area (Å²) in [5, 5.41) is 3.48. The fraction of sp³-hybridized carbons (Fsp3) is 1.00. The van der Waals surface area contributed by atoms with Gasteiger partial charge < -0.3 is 10.1 Å². The van der Waals surface area contributed by atoms with Gasteiger partial charge in [0.2, 0.25) is 0 Å². The van der Waals surface area contributed by atoms with E-state index in [2.05, 4.69) is 17.1 Å². The number of rotatable bonds is 1. The van der Waals surface area contributed by atoms with Crippen LogP contribution in [0.5, 0.6) is 0 Å². The highest BCUT2D eigenvalue weighted by Gasteiger charge is 2.34. The molecule has 0 aliphatic carbocycles. The van der Waals surface area contributed by atoms with Crippen molar-refractivity contribution in [2.75, 3.05) is 32.8 Å². The van der Waals surface area contributed by atoms with E-state index in [4.69, 9.17) is 4.74 Å². The molecule has 3 heteroatoms. The second-order valence-corrected chi connectivity index (χ2v) is 3.32. The van der Waals surface area contributed by atoms with Gasteiger partial charge in [-0.25, -0.2) is 0 Å². The van der Waals surface area contributed by atoms with Crippen molar-refractivity contribution >= 4 is 0 Å². The Labute approximate surface area is 67.7 Å². The average molecular weight is 156 g/mol. The van der Waals surface area contributed by atoms with Crippen molar-refractivity contribution in [3.8, 4) is 0 Å². The van der Waals surface area contributed by atoms with Crippen molar-refractivity contribution in [1.82, 2.24) is 10.2 Å². The Kier molecular flexibility index (Phi) is 2.11. The second-order valence-electron chi connectivity index (χ2n) is 3.32. The highest BCUT2D eigenvalue weighted by molar-refractivity contribution is 4.91. The lowest BCUT2D eigenvalue weighted by atomic mass is 10.2. The molecule has 0 aromatic carbocycles.